The van der Waals surface area contributed by atoms with Crippen molar-refractivity contribution in [2.24, 2.45) is 0 Å². The van der Waals surface area contributed by atoms with E-state index in [1.807, 2.05) is 24.3 Å². The molecule has 5 nitrogen and oxygen atoms in total. The lowest BCUT2D eigenvalue weighted by Gasteiger charge is -2.08. The number of hydrogen-bond donors (Lipinski definition) is 0. The summed E-state index contributed by atoms with van der Waals surface area (Å²) in [5, 5.41) is 1.03. The largest absolute Gasteiger partial charge is 0.462 e. The maximum absolute atomic E-state index is 12.0. The van der Waals surface area contributed by atoms with Gasteiger partial charge in [0.2, 0.25) is 0 Å². The van der Waals surface area contributed by atoms with E-state index in [9.17, 15) is 9.59 Å². The van der Waals surface area contributed by atoms with E-state index < -0.39 is 11.9 Å². The quantitative estimate of drug-likeness (QED) is 0.276. The molecule has 1 aromatic heterocycles. The molecule has 23 heavy (non-hydrogen) atoms. The molecule has 1 aromatic carbocycles. The summed E-state index contributed by atoms with van der Waals surface area (Å²) >= 11 is 6.15. The van der Waals surface area contributed by atoms with E-state index in [-0.39, 0.29) is 23.9 Å². The number of pyridine rings is 1. The van der Waals surface area contributed by atoms with Gasteiger partial charge in [-0.25, -0.2) is 14.6 Å². The summed E-state index contributed by atoms with van der Waals surface area (Å²) in [4.78, 5) is 28.2. The Bertz CT molecular complexity index is 750. The summed E-state index contributed by atoms with van der Waals surface area (Å²) in [5.74, 6) is -1.51. The van der Waals surface area contributed by atoms with Crippen LogP contribution < -0.4 is 0 Å². The third kappa shape index (κ3) is 4.07. The van der Waals surface area contributed by atoms with Crippen molar-refractivity contribution < 1.29 is 19.1 Å². The van der Waals surface area contributed by atoms with Crippen molar-refractivity contribution in [3.05, 3.63) is 46.6 Å². The first-order valence-electron chi connectivity index (χ1n) is 7.18. The van der Waals surface area contributed by atoms with Crippen LogP contribution in [0.2, 0.25) is 5.15 Å². The maximum Gasteiger partial charge on any atom is 0.345 e. The van der Waals surface area contributed by atoms with E-state index in [4.69, 9.17) is 21.1 Å². The number of fused-ring (bicyclic) bond motifs is 1. The monoisotopic (exact) mass is 333 g/mol. The van der Waals surface area contributed by atoms with Crippen molar-refractivity contribution in [3.8, 4) is 0 Å². The van der Waals surface area contributed by atoms with Gasteiger partial charge in [0.15, 0.2) is 0 Å². The van der Waals surface area contributed by atoms with Crippen LogP contribution in [0.3, 0.4) is 0 Å². The molecule has 2 aromatic rings. The fourth-order valence-corrected chi connectivity index (χ4v) is 2.18. The highest BCUT2D eigenvalue weighted by molar-refractivity contribution is 6.32. The van der Waals surface area contributed by atoms with Crippen molar-refractivity contribution in [2.45, 2.75) is 13.8 Å². The minimum absolute atomic E-state index is 0.152. The van der Waals surface area contributed by atoms with E-state index in [0.29, 0.717) is 5.56 Å². The van der Waals surface area contributed by atoms with Crippen LogP contribution in [0.1, 0.15) is 19.4 Å². The molecular formula is C17H16ClNO4. The third-order valence-corrected chi connectivity index (χ3v) is 3.30. The SMILES string of the molecule is CCOC(=O)C(=Cc1cc2ccccc2nc1Cl)C(=O)OCC. The van der Waals surface area contributed by atoms with Gasteiger partial charge in [-0.3, -0.25) is 0 Å². The maximum atomic E-state index is 12.0. The number of hydrogen-bond acceptors (Lipinski definition) is 5. The molecule has 0 radical (unpaired) electrons. The van der Waals surface area contributed by atoms with Gasteiger partial charge in [-0.2, -0.15) is 0 Å². The van der Waals surface area contributed by atoms with Crippen LogP contribution in [0.15, 0.2) is 35.9 Å². The molecule has 0 aliphatic carbocycles. The predicted octanol–water partition coefficient (Wildman–Crippen LogP) is 3.40. The van der Waals surface area contributed by atoms with Crippen molar-refractivity contribution in [2.75, 3.05) is 13.2 Å². The van der Waals surface area contributed by atoms with Crippen LogP contribution >= 0.6 is 11.6 Å². The first kappa shape index (κ1) is 17.0. The minimum atomic E-state index is -0.754. The highest BCUT2D eigenvalue weighted by atomic mass is 35.5. The lowest BCUT2D eigenvalue weighted by molar-refractivity contribution is -0.146. The first-order valence-corrected chi connectivity index (χ1v) is 7.55. The summed E-state index contributed by atoms with van der Waals surface area (Å²) in [6, 6.07) is 9.16. The number of carbonyl (C=O) groups is 2. The van der Waals surface area contributed by atoms with Crippen LogP contribution in [-0.4, -0.2) is 30.1 Å². The zero-order valence-corrected chi connectivity index (χ0v) is 13.6. The molecule has 0 saturated carbocycles. The van der Waals surface area contributed by atoms with Crippen molar-refractivity contribution in [1.82, 2.24) is 4.98 Å². The fourth-order valence-electron chi connectivity index (χ4n) is 1.98. The number of aromatic nitrogens is 1. The van der Waals surface area contributed by atoms with Gasteiger partial charge in [0.25, 0.3) is 0 Å². The summed E-state index contributed by atoms with van der Waals surface area (Å²) in [6.45, 7) is 3.62. The summed E-state index contributed by atoms with van der Waals surface area (Å²) in [5.41, 5.74) is 0.956. The fraction of sp³-hybridized carbons (Fsp3) is 0.235. The third-order valence-electron chi connectivity index (χ3n) is 3.00. The molecule has 0 aliphatic heterocycles. The molecule has 0 saturated heterocycles. The van der Waals surface area contributed by atoms with Gasteiger partial charge >= 0.3 is 11.9 Å². The number of carbonyl (C=O) groups excluding carboxylic acids is 2. The van der Waals surface area contributed by atoms with Gasteiger partial charge in [0, 0.05) is 10.9 Å². The molecule has 2 rings (SSSR count). The molecule has 6 heteroatoms. The van der Waals surface area contributed by atoms with Crippen molar-refractivity contribution in [1.29, 1.82) is 0 Å². The smallest absolute Gasteiger partial charge is 0.345 e. The molecule has 0 atom stereocenters. The Morgan fingerprint density at radius 3 is 2.35 bits per heavy atom. The zero-order valence-electron chi connectivity index (χ0n) is 12.8. The van der Waals surface area contributed by atoms with Crippen LogP contribution in [0.4, 0.5) is 0 Å². The Morgan fingerprint density at radius 2 is 1.74 bits per heavy atom. The van der Waals surface area contributed by atoms with Gasteiger partial charge < -0.3 is 9.47 Å². The van der Waals surface area contributed by atoms with Gasteiger partial charge in [-0.1, -0.05) is 29.8 Å². The number of esters is 2. The van der Waals surface area contributed by atoms with Gasteiger partial charge in [0.05, 0.1) is 18.7 Å². The molecule has 0 aliphatic rings. The first-order chi connectivity index (χ1) is 11.1. The van der Waals surface area contributed by atoms with E-state index in [2.05, 4.69) is 4.98 Å². The highest BCUT2D eigenvalue weighted by Crippen LogP contribution is 2.23. The standard InChI is InChI=1S/C17H16ClNO4/c1-3-22-16(20)13(17(21)23-4-2)10-12-9-11-7-5-6-8-14(11)19-15(12)18/h5-10H,3-4H2,1-2H3. The average molecular weight is 334 g/mol. The molecule has 0 N–H and O–H groups in total. The van der Waals surface area contributed by atoms with Gasteiger partial charge in [-0.15, -0.1) is 0 Å². The van der Waals surface area contributed by atoms with Crippen molar-refractivity contribution >= 4 is 40.5 Å². The van der Waals surface area contributed by atoms with E-state index in [0.717, 1.165) is 10.9 Å². The molecule has 0 amide bonds. The Kier molecular flexibility index (Phi) is 5.71. The number of para-hydroxylation sites is 1. The Morgan fingerprint density at radius 1 is 1.13 bits per heavy atom. The van der Waals surface area contributed by atoms with Crippen LogP contribution in [0.25, 0.3) is 17.0 Å². The molecule has 0 spiro atoms. The summed E-state index contributed by atoms with van der Waals surface area (Å²) in [6.07, 6.45) is 1.34. The predicted molar refractivity (Wildman–Crippen MR) is 88.0 cm³/mol. The topological polar surface area (TPSA) is 65.5 Å². The minimum Gasteiger partial charge on any atom is -0.462 e. The number of benzene rings is 1. The van der Waals surface area contributed by atoms with Crippen LogP contribution in [0, 0.1) is 0 Å². The molecule has 1 heterocycles. The van der Waals surface area contributed by atoms with E-state index in [1.54, 1.807) is 19.9 Å². The highest BCUT2D eigenvalue weighted by Gasteiger charge is 2.21. The molecule has 120 valence electrons. The molecule has 0 fully saturated rings. The Balaban J connectivity index is 2.50. The second-order valence-electron chi connectivity index (χ2n) is 4.56. The molecular weight excluding hydrogens is 318 g/mol. The molecule has 0 bridgehead atoms. The second-order valence-corrected chi connectivity index (χ2v) is 4.92. The lowest BCUT2D eigenvalue weighted by Crippen LogP contribution is -2.18. The Hall–Kier alpha value is -2.40. The summed E-state index contributed by atoms with van der Waals surface area (Å²) in [7, 11) is 0. The van der Waals surface area contributed by atoms with Crippen LogP contribution in [-0.2, 0) is 19.1 Å². The second kappa shape index (κ2) is 7.74. The number of halogens is 1. The molecule has 0 unspecified atom stereocenters. The van der Waals surface area contributed by atoms with Gasteiger partial charge in [0.1, 0.15) is 10.7 Å². The zero-order chi connectivity index (χ0) is 16.8. The lowest BCUT2D eigenvalue weighted by atomic mass is 10.1. The average Bonchev–Trinajstić information content (AvgIpc) is 2.53. The normalized spacial score (nSPS) is 10.2. The number of nitrogens with zero attached hydrogens (tertiary/aromatic N) is 1. The van der Waals surface area contributed by atoms with Crippen LogP contribution in [0.5, 0.6) is 0 Å². The van der Waals surface area contributed by atoms with Crippen molar-refractivity contribution in [3.63, 3.8) is 0 Å². The van der Waals surface area contributed by atoms with Gasteiger partial charge in [-0.05, 0) is 32.1 Å². The summed E-state index contributed by atoms with van der Waals surface area (Å²) < 4.78 is 9.80. The number of ether oxygens (including phenoxy) is 2. The number of rotatable bonds is 5. The Labute approximate surface area is 138 Å². The van der Waals surface area contributed by atoms with E-state index >= 15 is 0 Å². The van der Waals surface area contributed by atoms with E-state index in [1.165, 1.54) is 6.08 Å².